The van der Waals surface area contributed by atoms with E-state index in [2.05, 4.69) is 41.2 Å². The van der Waals surface area contributed by atoms with Crippen LogP contribution in [0.25, 0.3) is 11.1 Å². The molecule has 0 aliphatic rings. The van der Waals surface area contributed by atoms with Crippen molar-refractivity contribution >= 4 is 5.97 Å². The van der Waals surface area contributed by atoms with E-state index in [0.717, 1.165) is 43.5 Å². The van der Waals surface area contributed by atoms with Gasteiger partial charge in [-0.15, -0.1) is 0 Å². The molecule has 1 aromatic heterocycles. The Bertz CT molecular complexity index is 1030. The van der Waals surface area contributed by atoms with E-state index < -0.39 is 0 Å². The van der Waals surface area contributed by atoms with Crippen LogP contribution in [0.1, 0.15) is 113 Å². The van der Waals surface area contributed by atoms with E-state index in [1.807, 2.05) is 37.5 Å². The minimum atomic E-state index is -0.246. The van der Waals surface area contributed by atoms with E-state index in [9.17, 15) is 4.79 Å². The van der Waals surface area contributed by atoms with Crippen LogP contribution in [0.3, 0.4) is 0 Å². The molecule has 0 aliphatic carbocycles. The Morgan fingerprint density at radius 1 is 0.711 bits per heavy atom. The molecule has 1 unspecified atom stereocenters. The van der Waals surface area contributed by atoms with Crippen molar-refractivity contribution in [1.29, 1.82) is 0 Å². The summed E-state index contributed by atoms with van der Waals surface area (Å²) in [7, 11) is 0. The molecule has 1 heterocycles. The molecule has 0 spiro atoms. The van der Waals surface area contributed by atoms with Gasteiger partial charge in [-0.05, 0) is 62.3 Å². The number of esters is 1. The normalized spacial score (nSPS) is 11.8. The number of hydrogen-bond donors (Lipinski definition) is 0. The van der Waals surface area contributed by atoms with E-state index in [1.165, 1.54) is 68.9 Å². The second-order valence-corrected chi connectivity index (χ2v) is 10.5. The molecule has 0 saturated carbocycles. The Morgan fingerprint density at radius 3 is 2.00 bits per heavy atom. The fourth-order valence-electron chi connectivity index (χ4n) is 4.74. The molecule has 0 bridgehead atoms. The highest BCUT2D eigenvalue weighted by Gasteiger charge is 2.11. The van der Waals surface area contributed by atoms with Crippen molar-refractivity contribution in [3.8, 4) is 11.1 Å². The van der Waals surface area contributed by atoms with Gasteiger partial charge in [0.15, 0.2) is 0 Å². The highest BCUT2D eigenvalue weighted by atomic mass is 16.5. The van der Waals surface area contributed by atoms with Crippen molar-refractivity contribution in [2.75, 3.05) is 0 Å². The van der Waals surface area contributed by atoms with Gasteiger partial charge in [0, 0.05) is 24.4 Å². The lowest BCUT2D eigenvalue weighted by Crippen LogP contribution is -2.14. The van der Waals surface area contributed by atoms with E-state index in [0.29, 0.717) is 5.56 Å². The van der Waals surface area contributed by atoms with Crippen LogP contribution in [-0.2, 0) is 17.6 Å². The molecular formula is C34H46N2O2. The van der Waals surface area contributed by atoms with Gasteiger partial charge < -0.3 is 4.74 Å². The predicted octanol–water partition coefficient (Wildman–Crippen LogP) is 9.18. The summed E-state index contributed by atoms with van der Waals surface area (Å²) in [6.07, 6.45) is 20.7. The lowest BCUT2D eigenvalue weighted by molar-refractivity contribution is 0.0319. The van der Waals surface area contributed by atoms with Gasteiger partial charge in [-0.2, -0.15) is 0 Å². The first kappa shape index (κ1) is 29.5. The van der Waals surface area contributed by atoms with Crippen LogP contribution < -0.4 is 0 Å². The third-order valence-corrected chi connectivity index (χ3v) is 7.14. The van der Waals surface area contributed by atoms with Gasteiger partial charge in [-0.1, -0.05) is 101 Å². The fraction of sp³-hybridized carbons (Fsp3) is 0.500. The molecule has 0 amide bonds. The van der Waals surface area contributed by atoms with Crippen molar-refractivity contribution in [1.82, 2.24) is 9.97 Å². The molecule has 1 atom stereocenters. The smallest absolute Gasteiger partial charge is 0.338 e. The van der Waals surface area contributed by atoms with E-state index in [1.54, 1.807) is 12.1 Å². The Kier molecular flexibility index (Phi) is 13.6. The summed E-state index contributed by atoms with van der Waals surface area (Å²) in [5.74, 6) is 0.647. The summed E-state index contributed by atoms with van der Waals surface area (Å²) < 4.78 is 5.54. The first-order chi connectivity index (χ1) is 18.7. The van der Waals surface area contributed by atoms with E-state index in [4.69, 9.17) is 4.74 Å². The quantitative estimate of drug-likeness (QED) is 0.125. The number of ether oxygens (including phenoxy) is 1. The molecule has 0 N–H and O–H groups in total. The van der Waals surface area contributed by atoms with Gasteiger partial charge in [0.2, 0.25) is 0 Å². The summed E-state index contributed by atoms with van der Waals surface area (Å²) in [6, 6.07) is 18.1. The second kappa shape index (κ2) is 17.5. The Labute approximate surface area is 230 Å². The minimum absolute atomic E-state index is 0.0788. The van der Waals surface area contributed by atoms with Gasteiger partial charge in [0.05, 0.1) is 11.7 Å². The molecule has 4 heteroatoms. The molecule has 4 nitrogen and oxygen atoms in total. The summed E-state index contributed by atoms with van der Waals surface area (Å²) in [5.41, 5.74) is 4.27. The highest BCUT2D eigenvalue weighted by molar-refractivity contribution is 5.89. The maximum atomic E-state index is 12.1. The van der Waals surface area contributed by atoms with Gasteiger partial charge >= 0.3 is 5.97 Å². The van der Waals surface area contributed by atoms with Crippen LogP contribution in [0.2, 0.25) is 0 Å². The third kappa shape index (κ3) is 11.2. The number of carbonyl (C=O) groups excluding carboxylic acids is 1. The summed E-state index contributed by atoms with van der Waals surface area (Å²) in [5, 5.41) is 0. The number of nitrogens with zero attached hydrogens (tertiary/aromatic N) is 2. The van der Waals surface area contributed by atoms with Crippen LogP contribution in [0.4, 0.5) is 0 Å². The van der Waals surface area contributed by atoms with Gasteiger partial charge in [-0.3, -0.25) is 0 Å². The van der Waals surface area contributed by atoms with Gasteiger partial charge in [-0.25, -0.2) is 14.8 Å². The highest BCUT2D eigenvalue weighted by Crippen LogP contribution is 2.20. The SMILES string of the molecule is CCCCCCCCCCc1ccc(-c2cnc(CCCCCC(C)OC(=O)c3ccccc3)nc2)cc1. The van der Waals surface area contributed by atoms with E-state index >= 15 is 0 Å². The predicted molar refractivity (Wildman–Crippen MR) is 157 cm³/mol. The first-order valence-corrected chi connectivity index (χ1v) is 14.8. The number of rotatable bonds is 18. The first-order valence-electron chi connectivity index (χ1n) is 14.8. The summed E-state index contributed by atoms with van der Waals surface area (Å²) >= 11 is 0. The Balaban J connectivity index is 1.29. The van der Waals surface area contributed by atoms with Gasteiger partial charge in [0.25, 0.3) is 0 Å². The average molecular weight is 515 g/mol. The number of carbonyl (C=O) groups is 1. The average Bonchev–Trinajstić information content (AvgIpc) is 2.95. The summed E-state index contributed by atoms with van der Waals surface area (Å²) in [6.45, 7) is 4.24. The largest absolute Gasteiger partial charge is 0.459 e. The van der Waals surface area contributed by atoms with Gasteiger partial charge in [0.1, 0.15) is 5.82 Å². The topological polar surface area (TPSA) is 52.1 Å². The molecule has 0 fully saturated rings. The molecule has 3 rings (SSSR count). The standard InChI is InChI=1S/C34H46N2O2/c1-3-4-5-6-7-8-9-13-18-29-22-24-30(25-23-29)32-26-35-33(36-27-32)21-16-10-12-17-28(2)38-34(37)31-19-14-11-15-20-31/h11,14-15,19-20,22-28H,3-10,12-13,16-18,21H2,1-2H3. The van der Waals surface area contributed by atoms with Crippen LogP contribution in [0.5, 0.6) is 0 Å². The zero-order valence-electron chi connectivity index (χ0n) is 23.5. The minimum Gasteiger partial charge on any atom is -0.459 e. The van der Waals surface area contributed by atoms with Crippen LogP contribution in [-0.4, -0.2) is 22.0 Å². The molecular weight excluding hydrogens is 468 g/mol. The number of aromatic nitrogens is 2. The monoisotopic (exact) mass is 514 g/mol. The van der Waals surface area contributed by atoms with Crippen molar-refractivity contribution in [2.45, 2.75) is 110 Å². The zero-order valence-corrected chi connectivity index (χ0v) is 23.5. The molecule has 0 aliphatic heterocycles. The van der Waals surface area contributed by atoms with E-state index in [-0.39, 0.29) is 12.1 Å². The van der Waals surface area contributed by atoms with Crippen molar-refractivity contribution in [3.05, 3.63) is 83.9 Å². The molecule has 38 heavy (non-hydrogen) atoms. The third-order valence-electron chi connectivity index (χ3n) is 7.14. The maximum absolute atomic E-state index is 12.1. The zero-order chi connectivity index (χ0) is 26.8. The lowest BCUT2D eigenvalue weighted by Gasteiger charge is -2.13. The number of unbranched alkanes of at least 4 members (excludes halogenated alkanes) is 9. The molecule has 2 aromatic carbocycles. The maximum Gasteiger partial charge on any atom is 0.338 e. The number of benzene rings is 2. The van der Waals surface area contributed by atoms with Crippen LogP contribution >= 0.6 is 0 Å². The Hall–Kier alpha value is -3.01. The fourth-order valence-corrected chi connectivity index (χ4v) is 4.74. The molecule has 204 valence electrons. The van der Waals surface area contributed by atoms with Crippen molar-refractivity contribution < 1.29 is 9.53 Å². The van der Waals surface area contributed by atoms with Crippen molar-refractivity contribution in [3.63, 3.8) is 0 Å². The van der Waals surface area contributed by atoms with Crippen molar-refractivity contribution in [2.24, 2.45) is 0 Å². The molecule has 0 saturated heterocycles. The second-order valence-electron chi connectivity index (χ2n) is 10.5. The number of hydrogen-bond acceptors (Lipinski definition) is 4. The number of aryl methyl sites for hydroxylation is 2. The van der Waals surface area contributed by atoms with Crippen LogP contribution in [0, 0.1) is 0 Å². The Morgan fingerprint density at radius 2 is 1.32 bits per heavy atom. The summed E-state index contributed by atoms with van der Waals surface area (Å²) in [4.78, 5) is 21.3. The molecule has 3 aromatic rings. The van der Waals surface area contributed by atoms with Crippen LogP contribution in [0.15, 0.2) is 67.0 Å². The lowest BCUT2D eigenvalue weighted by atomic mass is 10.0. The molecule has 0 radical (unpaired) electrons.